The Morgan fingerprint density at radius 3 is 3.00 bits per heavy atom. The summed E-state index contributed by atoms with van der Waals surface area (Å²) >= 11 is 0. The van der Waals surface area contributed by atoms with Gasteiger partial charge < -0.3 is 4.98 Å². The molecule has 0 fully saturated rings. The van der Waals surface area contributed by atoms with Crippen molar-refractivity contribution >= 4 is 10.9 Å². The molecule has 2 heteroatoms. The zero-order valence-corrected chi connectivity index (χ0v) is 7.31. The Bertz CT molecular complexity index is 417. The monoisotopic (exact) mass is 176 g/mol. The highest BCUT2D eigenvalue weighted by Gasteiger charge is 2.02. The van der Waals surface area contributed by atoms with Gasteiger partial charge in [-0.3, -0.25) is 0 Å². The number of aryl methyl sites for hydroxylation is 1. The van der Waals surface area contributed by atoms with Gasteiger partial charge in [-0.05, 0) is 36.6 Å². The lowest BCUT2D eigenvalue weighted by molar-refractivity contribution is 0.629. The van der Waals surface area contributed by atoms with Crippen LogP contribution in [-0.2, 0) is 6.42 Å². The van der Waals surface area contributed by atoms with E-state index in [4.69, 9.17) is 0 Å². The fourth-order valence-electron chi connectivity index (χ4n) is 1.56. The lowest BCUT2D eigenvalue weighted by Crippen LogP contribution is -1.79. The second-order valence-corrected chi connectivity index (χ2v) is 3.11. The predicted molar refractivity (Wildman–Crippen MR) is 51.9 cm³/mol. The van der Waals surface area contributed by atoms with E-state index in [1.165, 1.54) is 17.7 Å². The van der Waals surface area contributed by atoms with Crippen molar-refractivity contribution in [1.82, 2.24) is 4.98 Å². The number of H-pyrrole nitrogens is 1. The van der Waals surface area contributed by atoms with Crippen LogP contribution in [0.5, 0.6) is 0 Å². The average Bonchev–Trinajstić information content (AvgIpc) is 2.49. The predicted octanol–water partition coefficient (Wildman–Crippen LogP) is 3.07. The van der Waals surface area contributed by atoms with Gasteiger partial charge in [0.15, 0.2) is 0 Å². The highest BCUT2D eigenvalue weighted by atomic mass is 19.1. The maximum Gasteiger partial charge on any atom is 0.125 e. The van der Waals surface area contributed by atoms with E-state index in [0.717, 1.165) is 23.7 Å². The number of aromatic nitrogens is 1. The second-order valence-electron chi connectivity index (χ2n) is 3.11. The first-order chi connectivity index (χ1) is 6.31. The summed E-state index contributed by atoms with van der Waals surface area (Å²) in [5.41, 5.74) is 2.08. The molecule has 13 heavy (non-hydrogen) atoms. The van der Waals surface area contributed by atoms with E-state index < -0.39 is 0 Å². The van der Waals surface area contributed by atoms with Crippen molar-refractivity contribution in [2.24, 2.45) is 0 Å². The standard InChI is InChI=1S/C11H11FN/c1-2-3-8-7-13-11-6-9(12)4-5-10(8)11/h4-7,13H,1-3H2. The molecule has 0 aliphatic rings. The number of nitrogens with one attached hydrogen (secondary N) is 1. The molecule has 1 nitrogen and oxygen atoms in total. The van der Waals surface area contributed by atoms with Crippen LogP contribution < -0.4 is 0 Å². The molecule has 0 saturated carbocycles. The molecule has 0 atom stereocenters. The first-order valence-corrected chi connectivity index (χ1v) is 4.36. The smallest absolute Gasteiger partial charge is 0.125 e. The molecule has 1 radical (unpaired) electrons. The summed E-state index contributed by atoms with van der Waals surface area (Å²) in [5, 5.41) is 1.10. The van der Waals surface area contributed by atoms with Gasteiger partial charge in [-0.25, -0.2) is 4.39 Å². The van der Waals surface area contributed by atoms with E-state index in [-0.39, 0.29) is 5.82 Å². The molecule has 1 aromatic carbocycles. The van der Waals surface area contributed by atoms with Crippen LogP contribution in [0.15, 0.2) is 24.4 Å². The normalized spacial score (nSPS) is 10.9. The van der Waals surface area contributed by atoms with Crippen LogP contribution in [0.3, 0.4) is 0 Å². The molecule has 0 aliphatic carbocycles. The molecular formula is C11H11FN. The van der Waals surface area contributed by atoms with E-state index >= 15 is 0 Å². The summed E-state index contributed by atoms with van der Waals surface area (Å²) in [7, 11) is 0. The topological polar surface area (TPSA) is 15.8 Å². The minimum atomic E-state index is -0.199. The quantitative estimate of drug-likeness (QED) is 0.723. The fraction of sp³-hybridized carbons (Fsp3) is 0.182. The number of hydrogen-bond donors (Lipinski definition) is 1. The zero-order chi connectivity index (χ0) is 9.26. The highest BCUT2D eigenvalue weighted by Crippen LogP contribution is 2.20. The van der Waals surface area contributed by atoms with Gasteiger partial charge in [0.25, 0.3) is 0 Å². The molecule has 1 aromatic heterocycles. The van der Waals surface area contributed by atoms with Crippen molar-refractivity contribution in [3.63, 3.8) is 0 Å². The molecule has 1 heterocycles. The number of hydrogen-bond acceptors (Lipinski definition) is 0. The van der Waals surface area contributed by atoms with Gasteiger partial charge in [0.1, 0.15) is 5.82 Å². The third-order valence-corrected chi connectivity index (χ3v) is 2.18. The summed E-state index contributed by atoms with van der Waals surface area (Å²) < 4.78 is 12.8. The Balaban J connectivity index is 2.55. The molecule has 0 aliphatic heterocycles. The molecule has 0 spiro atoms. The molecule has 2 aromatic rings. The summed E-state index contributed by atoms with van der Waals surface area (Å²) in [6, 6.07) is 4.82. The van der Waals surface area contributed by atoms with Gasteiger partial charge in [0.2, 0.25) is 0 Å². The first kappa shape index (κ1) is 8.30. The maximum atomic E-state index is 12.8. The average molecular weight is 176 g/mol. The van der Waals surface area contributed by atoms with Gasteiger partial charge in [0, 0.05) is 17.1 Å². The Labute approximate surface area is 76.6 Å². The van der Waals surface area contributed by atoms with E-state index in [1.54, 1.807) is 0 Å². The van der Waals surface area contributed by atoms with E-state index in [0.29, 0.717) is 0 Å². The van der Waals surface area contributed by atoms with Crippen molar-refractivity contribution in [3.8, 4) is 0 Å². The Morgan fingerprint density at radius 2 is 2.23 bits per heavy atom. The van der Waals surface area contributed by atoms with E-state index in [1.807, 2.05) is 12.3 Å². The minimum Gasteiger partial charge on any atom is -0.361 e. The van der Waals surface area contributed by atoms with Crippen LogP contribution in [0.4, 0.5) is 4.39 Å². The Morgan fingerprint density at radius 1 is 1.38 bits per heavy atom. The number of halogens is 1. The number of fused-ring (bicyclic) bond motifs is 1. The minimum absolute atomic E-state index is 0.199. The maximum absolute atomic E-state index is 12.8. The van der Waals surface area contributed by atoms with Crippen molar-refractivity contribution < 1.29 is 4.39 Å². The van der Waals surface area contributed by atoms with Crippen LogP contribution in [0.25, 0.3) is 10.9 Å². The number of aromatic amines is 1. The van der Waals surface area contributed by atoms with Crippen LogP contribution in [0.1, 0.15) is 12.0 Å². The van der Waals surface area contributed by atoms with Crippen molar-refractivity contribution in [3.05, 3.63) is 42.7 Å². The Hall–Kier alpha value is -1.31. The summed E-state index contributed by atoms with van der Waals surface area (Å²) in [4.78, 5) is 3.05. The van der Waals surface area contributed by atoms with Crippen molar-refractivity contribution in [1.29, 1.82) is 0 Å². The lowest BCUT2D eigenvalue weighted by atomic mass is 10.1. The molecule has 1 N–H and O–H groups in total. The second kappa shape index (κ2) is 3.21. The lowest BCUT2D eigenvalue weighted by Gasteiger charge is -1.94. The summed E-state index contributed by atoms with van der Waals surface area (Å²) in [6.07, 6.45) is 3.73. The molecule has 0 unspecified atom stereocenters. The van der Waals surface area contributed by atoms with Gasteiger partial charge in [-0.15, -0.1) is 0 Å². The molecular weight excluding hydrogens is 165 g/mol. The molecule has 67 valence electrons. The van der Waals surface area contributed by atoms with E-state index in [2.05, 4.69) is 11.9 Å². The van der Waals surface area contributed by atoms with Crippen molar-refractivity contribution in [2.45, 2.75) is 12.8 Å². The molecule has 0 bridgehead atoms. The Kier molecular flexibility index (Phi) is 2.05. The number of rotatable bonds is 2. The van der Waals surface area contributed by atoms with Crippen LogP contribution >= 0.6 is 0 Å². The van der Waals surface area contributed by atoms with Crippen LogP contribution in [-0.4, -0.2) is 4.98 Å². The molecule has 0 saturated heterocycles. The van der Waals surface area contributed by atoms with Gasteiger partial charge in [-0.1, -0.05) is 6.92 Å². The third-order valence-electron chi connectivity index (χ3n) is 2.18. The number of benzene rings is 1. The molecule has 2 rings (SSSR count). The van der Waals surface area contributed by atoms with Crippen LogP contribution in [0, 0.1) is 12.7 Å². The fourth-order valence-corrected chi connectivity index (χ4v) is 1.56. The largest absolute Gasteiger partial charge is 0.361 e. The van der Waals surface area contributed by atoms with Crippen LogP contribution in [0.2, 0.25) is 0 Å². The summed E-state index contributed by atoms with van der Waals surface area (Å²) in [5.74, 6) is -0.199. The van der Waals surface area contributed by atoms with Crippen molar-refractivity contribution in [2.75, 3.05) is 0 Å². The zero-order valence-electron chi connectivity index (χ0n) is 7.31. The summed E-state index contributed by atoms with van der Waals surface area (Å²) in [6.45, 7) is 3.80. The van der Waals surface area contributed by atoms with Gasteiger partial charge >= 0.3 is 0 Å². The third kappa shape index (κ3) is 1.44. The SMILES string of the molecule is [CH2]CCc1c[nH]c2cc(F)ccc12. The van der Waals surface area contributed by atoms with E-state index in [9.17, 15) is 4.39 Å². The van der Waals surface area contributed by atoms with Gasteiger partial charge in [-0.2, -0.15) is 0 Å². The first-order valence-electron chi connectivity index (χ1n) is 4.36. The van der Waals surface area contributed by atoms with Gasteiger partial charge in [0.05, 0.1) is 0 Å². The molecule has 0 amide bonds. The highest BCUT2D eigenvalue weighted by molar-refractivity contribution is 5.83.